The molecule has 25 heavy (non-hydrogen) atoms. The second kappa shape index (κ2) is 6.27. The summed E-state index contributed by atoms with van der Waals surface area (Å²) >= 11 is 0. The smallest absolute Gasteiger partial charge is 0.270 e. The molecule has 0 N–H and O–H groups in total. The normalized spacial score (nSPS) is 23.0. The number of nitro benzene ring substituents is 1. The van der Waals surface area contributed by atoms with Crippen LogP contribution in [0.1, 0.15) is 53.8 Å². The van der Waals surface area contributed by atoms with Gasteiger partial charge in [-0.25, -0.2) is 0 Å². The number of carbonyl (C=O) groups is 3. The van der Waals surface area contributed by atoms with Crippen LogP contribution in [-0.2, 0) is 4.79 Å². The van der Waals surface area contributed by atoms with Gasteiger partial charge in [-0.3, -0.25) is 29.4 Å². The number of amides is 3. The molecule has 0 aliphatic carbocycles. The highest BCUT2D eigenvalue weighted by Crippen LogP contribution is 2.28. The number of imide groups is 1. The van der Waals surface area contributed by atoms with Crippen LogP contribution in [0.3, 0.4) is 0 Å². The molecule has 0 spiro atoms. The Morgan fingerprint density at radius 2 is 1.76 bits per heavy atom. The minimum absolute atomic E-state index is 0.0215. The highest BCUT2D eigenvalue weighted by molar-refractivity contribution is 6.22. The Hall–Kier alpha value is -2.77. The van der Waals surface area contributed by atoms with Gasteiger partial charge in [0.05, 0.1) is 16.1 Å². The van der Waals surface area contributed by atoms with Crippen LogP contribution in [0, 0.1) is 10.1 Å². The fourth-order valence-corrected chi connectivity index (χ4v) is 3.67. The first-order valence-electron chi connectivity index (χ1n) is 8.27. The summed E-state index contributed by atoms with van der Waals surface area (Å²) in [4.78, 5) is 50.4. The summed E-state index contributed by atoms with van der Waals surface area (Å²) in [6, 6.07) is 3.67. The molecule has 132 valence electrons. The van der Waals surface area contributed by atoms with Crippen molar-refractivity contribution in [3.8, 4) is 0 Å². The SMILES string of the molecule is CC1CCCC(C)N1C(=O)CN1C(=O)c2ccc([N+](=O)[O-])cc2C1=O. The Morgan fingerprint density at radius 1 is 1.16 bits per heavy atom. The number of benzene rings is 1. The third-order valence-corrected chi connectivity index (χ3v) is 4.94. The summed E-state index contributed by atoms with van der Waals surface area (Å²) < 4.78 is 0. The van der Waals surface area contributed by atoms with E-state index in [9.17, 15) is 24.5 Å². The number of carbonyl (C=O) groups excluding carboxylic acids is 3. The van der Waals surface area contributed by atoms with Gasteiger partial charge in [0.15, 0.2) is 0 Å². The number of fused-ring (bicyclic) bond motifs is 1. The van der Waals surface area contributed by atoms with Crippen LogP contribution < -0.4 is 0 Å². The number of hydrogen-bond donors (Lipinski definition) is 0. The standard InChI is InChI=1S/C17H19N3O5/c1-10-4-3-5-11(2)19(10)15(21)9-18-16(22)13-7-6-12(20(24)25)8-14(13)17(18)23/h6-8,10-11H,3-5,9H2,1-2H3. The molecule has 0 aromatic heterocycles. The third-order valence-electron chi connectivity index (χ3n) is 4.94. The lowest BCUT2D eigenvalue weighted by molar-refractivity contribution is -0.384. The van der Waals surface area contributed by atoms with Crippen LogP contribution in [0.5, 0.6) is 0 Å². The van der Waals surface area contributed by atoms with E-state index in [1.165, 1.54) is 12.1 Å². The second-order valence-electron chi connectivity index (χ2n) is 6.61. The van der Waals surface area contributed by atoms with E-state index in [4.69, 9.17) is 0 Å². The molecular weight excluding hydrogens is 326 g/mol. The Kier molecular flexibility index (Phi) is 4.28. The van der Waals surface area contributed by atoms with Crippen molar-refractivity contribution in [3.05, 3.63) is 39.4 Å². The summed E-state index contributed by atoms with van der Waals surface area (Å²) in [6.45, 7) is 3.58. The van der Waals surface area contributed by atoms with Crippen molar-refractivity contribution in [2.45, 2.75) is 45.2 Å². The first kappa shape index (κ1) is 17.1. The Labute approximate surface area is 144 Å². The molecule has 1 aromatic carbocycles. The molecule has 1 aromatic rings. The van der Waals surface area contributed by atoms with Gasteiger partial charge in [0.25, 0.3) is 17.5 Å². The van der Waals surface area contributed by atoms with Gasteiger partial charge >= 0.3 is 0 Å². The molecule has 1 fully saturated rings. The molecule has 2 aliphatic heterocycles. The minimum Gasteiger partial charge on any atom is -0.336 e. The fraction of sp³-hybridized carbons (Fsp3) is 0.471. The zero-order chi connectivity index (χ0) is 18.3. The molecular formula is C17H19N3O5. The van der Waals surface area contributed by atoms with E-state index in [-0.39, 0.29) is 41.3 Å². The summed E-state index contributed by atoms with van der Waals surface area (Å²) in [5, 5.41) is 10.9. The average Bonchev–Trinajstić information content (AvgIpc) is 2.79. The molecule has 1 saturated heterocycles. The number of non-ortho nitro benzene ring substituents is 1. The van der Waals surface area contributed by atoms with Crippen molar-refractivity contribution in [1.82, 2.24) is 9.80 Å². The lowest BCUT2D eigenvalue weighted by atomic mass is 9.97. The van der Waals surface area contributed by atoms with Gasteiger partial charge < -0.3 is 4.90 Å². The molecule has 2 aliphatic rings. The quantitative estimate of drug-likeness (QED) is 0.474. The van der Waals surface area contributed by atoms with E-state index in [1.54, 1.807) is 4.90 Å². The molecule has 3 rings (SSSR count). The lowest BCUT2D eigenvalue weighted by Gasteiger charge is -2.39. The van der Waals surface area contributed by atoms with Crippen molar-refractivity contribution in [1.29, 1.82) is 0 Å². The molecule has 2 heterocycles. The summed E-state index contributed by atoms with van der Waals surface area (Å²) in [5.74, 6) is -1.52. The number of rotatable bonds is 3. The fourth-order valence-electron chi connectivity index (χ4n) is 3.67. The van der Waals surface area contributed by atoms with Crippen LogP contribution in [0.4, 0.5) is 5.69 Å². The van der Waals surface area contributed by atoms with Crippen molar-refractivity contribution in [2.24, 2.45) is 0 Å². The highest BCUT2D eigenvalue weighted by atomic mass is 16.6. The summed E-state index contributed by atoms with van der Waals surface area (Å²) in [7, 11) is 0. The summed E-state index contributed by atoms with van der Waals surface area (Å²) in [6.07, 6.45) is 2.83. The van der Waals surface area contributed by atoms with Crippen molar-refractivity contribution in [3.63, 3.8) is 0 Å². The molecule has 0 saturated carbocycles. The Bertz CT molecular complexity index is 766. The first-order chi connectivity index (χ1) is 11.8. The maximum absolute atomic E-state index is 12.7. The van der Waals surface area contributed by atoms with E-state index in [2.05, 4.69) is 0 Å². The molecule has 0 bridgehead atoms. The van der Waals surface area contributed by atoms with E-state index in [0.29, 0.717) is 0 Å². The monoisotopic (exact) mass is 345 g/mol. The van der Waals surface area contributed by atoms with E-state index >= 15 is 0 Å². The van der Waals surface area contributed by atoms with E-state index < -0.39 is 16.7 Å². The van der Waals surface area contributed by atoms with Gasteiger partial charge in [0.1, 0.15) is 6.54 Å². The topological polar surface area (TPSA) is 101 Å². The average molecular weight is 345 g/mol. The maximum atomic E-state index is 12.7. The number of nitro groups is 1. The zero-order valence-electron chi connectivity index (χ0n) is 14.1. The predicted molar refractivity (Wildman–Crippen MR) is 88.1 cm³/mol. The summed E-state index contributed by atoms with van der Waals surface area (Å²) in [5.41, 5.74) is -0.179. The van der Waals surface area contributed by atoms with Crippen LogP contribution in [0.25, 0.3) is 0 Å². The van der Waals surface area contributed by atoms with Crippen LogP contribution in [-0.4, -0.2) is 51.1 Å². The van der Waals surface area contributed by atoms with Crippen molar-refractivity contribution in [2.75, 3.05) is 6.54 Å². The van der Waals surface area contributed by atoms with Gasteiger partial charge in [-0.05, 0) is 39.2 Å². The van der Waals surface area contributed by atoms with Crippen LogP contribution in [0.15, 0.2) is 18.2 Å². The number of nitrogens with zero attached hydrogens (tertiary/aromatic N) is 3. The lowest BCUT2D eigenvalue weighted by Crippen LogP contribution is -2.51. The second-order valence-corrected chi connectivity index (χ2v) is 6.61. The first-order valence-corrected chi connectivity index (χ1v) is 8.27. The Morgan fingerprint density at radius 3 is 2.36 bits per heavy atom. The van der Waals surface area contributed by atoms with Gasteiger partial charge in [-0.2, -0.15) is 0 Å². The van der Waals surface area contributed by atoms with E-state index in [0.717, 1.165) is 30.2 Å². The third kappa shape index (κ3) is 2.88. The predicted octanol–water partition coefficient (Wildman–Crippen LogP) is 1.98. The van der Waals surface area contributed by atoms with Gasteiger partial charge in [0.2, 0.25) is 5.91 Å². The molecule has 2 unspecified atom stereocenters. The molecule has 8 heteroatoms. The van der Waals surface area contributed by atoms with Crippen LogP contribution >= 0.6 is 0 Å². The molecule has 3 amide bonds. The molecule has 8 nitrogen and oxygen atoms in total. The van der Waals surface area contributed by atoms with Gasteiger partial charge in [0, 0.05) is 24.2 Å². The van der Waals surface area contributed by atoms with E-state index in [1.807, 2.05) is 13.8 Å². The van der Waals surface area contributed by atoms with Crippen molar-refractivity contribution < 1.29 is 19.3 Å². The molecule has 0 radical (unpaired) electrons. The largest absolute Gasteiger partial charge is 0.336 e. The number of hydrogen-bond acceptors (Lipinski definition) is 5. The van der Waals surface area contributed by atoms with Gasteiger partial charge in [-0.15, -0.1) is 0 Å². The maximum Gasteiger partial charge on any atom is 0.270 e. The zero-order valence-corrected chi connectivity index (χ0v) is 14.1. The number of likely N-dealkylation sites (tertiary alicyclic amines) is 1. The highest BCUT2D eigenvalue weighted by Gasteiger charge is 2.39. The van der Waals surface area contributed by atoms with Crippen molar-refractivity contribution >= 4 is 23.4 Å². The van der Waals surface area contributed by atoms with Gasteiger partial charge in [-0.1, -0.05) is 0 Å². The number of piperidine rings is 1. The Balaban J connectivity index is 1.82. The van der Waals surface area contributed by atoms with Crippen LogP contribution in [0.2, 0.25) is 0 Å². The minimum atomic E-state index is -0.658. The molecule has 2 atom stereocenters.